The van der Waals surface area contributed by atoms with E-state index in [1.54, 1.807) is 12.1 Å². The molecule has 1 aromatic carbocycles. The molecule has 0 spiro atoms. The van der Waals surface area contributed by atoms with Crippen molar-refractivity contribution >= 4 is 22.0 Å². The summed E-state index contributed by atoms with van der Waals surface area (Å²) in [5, 5.41) is 4.51. The van der Waals surface area contributed by atoms with Crippen LogP contribution in [0.2, 0.25) is 0 Å². The van der Waals surface area contributed by atoms with E-state index in [9.17, 15) is 18.0 Å². The molecule has 1 atom stereocenters. The normalized spacial score (nSPS) is 18.4. The van der Waals surface area contributed by atoms with Gasteiger partial charge in [0, 0.05) is 6.54 Å². The summed E-state index contributed by atoms with van der Waals surface area (Å²) >= 11 is 0. The van der Waals surface area contributed by atoms with E-state index in [2.05, 4.69) is 15.4 Å². The molecule has 114 valence electrons. The lowest BCUT2D eigenvalue weighted by Gasteiger charge is -2.09. The summed E-state index contributed by atoms with van der Waals surface area (Å²) in [6.07, 6.45) is 0.213. The lowest BCUT2D eigenvalue weighted by molar-refractivity contribution is -0.120. The maximum atomic E-state index is 11.9. The largest absolute Gasteiger partial charge is 0.326 e. The second-order valence-corrected chi connectivity index (χ2v) is 6.75. The first-order chi connectivity index (χ1) is 9.85. The molecule has 0 radical (unpaired) electrons. The van der Waals surface area contributed by atoms with Gasteiger partial charge in [-0.2, -0.15) is 0 Å². The predicted molar refractivity (Wildman–Crippen MR) is 76.9 cm³/mol. The number of benzene rings is 1. The Morgan fingerprint density at radius 2 is 2.05 bits per heavy atom. The second-order valence-electron chi connectivity index (χ2n) is 4.95. The van der Waals surface area contributed by atoms with Crippen LogP contribution in [0.5, 0.6) is 0 Å². The molecule has 0 aliphatic carbocycles. The summed E-state index contributed by atoms with van der Waals surface area (Å²) in [6, 6.07) is 6.02. The molecule has 0 aromatic heterocycles. The Morgan fingerprint density at radius 1 is 1.29 bits per heavy atom. The number of nitrogens with one attached hydrogen (secondary N) is 3. The third-order valence-electron chi connectivity index (χ3n) is 3.05. The van der Waals surface area contributed by atoms with Crippen LogP contribution in [-0.4, -0.2) is 32.9 Å². The molecule has 1 saturated heterocycles. The Bertz CT molecular complexity index is 657. The van der Waals surface area contributed by atoms with Gasteiger partial charge in [-0.15, -0.1) is 0 Å². The van der Waals surface area contributed by atoms with Gasteiger partial charge in [0.15, 0.2) is 0 Å². The van der Waals surface area contributed by atoms with Crippen LogP contribution in [0.15, 0.2) is 24.3 Å². The molecule has 8 heteroatoms. The van der Waals surface area contributed by atoms with Gasteiger partial charge < -0.3 is 5.32 Å². The summed E-state index contributed by atoms with van der Waals surface area (Å²) in [5.41, 5.74) is 1.70. The fourth-order valence-electron chi connectivity index (χ4n) is 2.09. The average Bonchev–Trinajstić information content (AvgIpc) is 2.67. The number of carbonyl (C=O) groups is 2. The van der Waals surface area contributed by atoms with Gasteiger partial charge in [0.2, 0.25) is 10.0 Å². The lowest BCUT2D eigenvalue weighted by Crippen LogP contribution is -2.35. The molecule has 1 aromatic rings. The molecule has 3 N–H and O–H groups in total. The van der Waals surface area contributed by atoms with Crippen LogP contribution in [0.4, 0.5) is 4.79 Å². The third kappa shape index (κ3) is 4.54. The fraction of sp³-hybridized carbons (Fsp3) is 0.385. The number of carbonyl (C=O) groups excluding carboxylic acids is 2. The lowest BCUT2D eigenvalue weighted by atomic mass is 10.2. The molecular formula is C13H17N3O4S. The highest BCUT2D eigenvalue weighted by molar-refractivity contribution is 7.88. The Labute approximate surface area is 123 Å². The molecule has 1 unspecified atom stereocenters. The maximum Gasteiger partial charge on any atom is 0.322 e. The fourth-order valence-corrected chi connectivity index (χ4v) is 3.24. The van der Waals surface area contributed by atoms with Gasteiger partial charge in [-0.1, -0.05) is 29.8 Å². The van der Waals surface area contributed by atoms with Crippen LogP contribution in [0.25, 0.3) is 0 Å². The summed E-state index contributed by atoms with van der Waals surface area (Å²) in [4.78, 5) is 22.2. The molecule has 7 nitrogen and oxygen atoms in total. The number of hydrogen-bond acceptors (Lipinski definition) is 4. The first kappa shape index (κ1) is 15.5. The van der Waals surface area contributed by atoms with Gasteiger partial charge in [0.1, 0.15) is 6.04 Å². The average molecular weight is 311 g/mol. The molecule has 0 bridgehead atoms. The van der Waals surface area contributed by atoms with Crippen molar-refractivity contribution in [3.05, 3.63) is 35.4 Å². The van der Waals surface area contributed by atoms with Crippen molar-refractivity contribution in [3.8, 4) is 0 Å². The Balaban J connectivity index is 1.84. The molecule has 1 aliphatic heterocycles. The highest BCUT2D eigenvalue weighted by Crippen LogP contribution is 2.08. The van der Waals surface area contributed by atoms with Crippen molar-refractivity contribution in [3.63, 3.8) is 0 Å². The van der Waals surface area contributed by atoms with E-state index in [0.717, 1.165) is 5.56 Å². The van der Waals surface area contributed by atoms with Crippen LogP contribution in [-0.2, 0) is 20.6 Å². The number of hydrogen-bond donors (Lipinski definition) is 3. The van der Waals surface area contributed by atoms with Crippen LogP contribution < -0.4 is 15.4 Å². The minimum atomic E-state index is -3.47. The molecule has 0 saturated carbocycles. The minimum Gasteiger partial charge on any atom is -0.326 e. The van der Waals surface area contributed by atoms with Crippen molar-refractivity contribution < 1.29 is 18.0 Å². The summed E-state index contributed by atoms with van der Waals surface area (Å²) < 4.78 is 26.3. The number of imide groups is 1. The van der Waals surface area contributed by atoms with E-state index < -0.39 is 28.0 Å². The van der Waals surface area contributed by atoms with Crippen LogP contribution in [0, 0.1) is 6.92 Å². The van der Waals surface area contributed by atoms with E-state index in [-0.39, 0.29) is 18.7 Å². The maximum absolute atomic E-state index is 11.9. The van der Waals surface area contributed by atoms with Crippen LogP contribution >= 0.6 is 0 Å². The number of urea groups is 1. The van der Waals surface area contributed by atoms with Gasteiger partial charge in [-0.25, -0.2) is 17.9 Å². The molecule has 2 rings (SSSR count). The van der Waals surface area contributed by atoms with Crippen molar-refractivity contribution in [2.24, 2.45) is 0 Å². The molecule has 21 heavy (non-hydrogen) atoms. The first-order valence-electron chi connectivity index (χ1n) is 6.50. The van der Waals surface area contributed by atoms with E-state index in [1.807, 2.05) is 19.1 Å². The zero-order valence-electron chi connectivity index (χ0n) is 11.5. The van der Waals surface area contributed by atoms with Crippen molar-refractivity contribution in [1.82, 2.24) is 15.4 Å². The van der Waals surface area contributed by atoms with Crippen molar-refractivity contribution in [2.75, 3.05) is 6.54 Å². The monoisotopic (exact) mass is 311 g/mol. The highest BCUT2D eigenvalue weighted by Gasteiger charge is 2.29. The Hall–Kier alpha value is -1.93. The van der Waals surface area contributed by atoms with Crippen molar-refractivity contribution in [2.45, 2.75) is 25.1 Å². The smallest absolute Gasteiger partial charge is 0.322 e. The zero-order valence-corrected chi connectivity index (χ0v) is 12.4. The SMILES string of the molecule is Cc1cccc(CS(=O)(=O)NCCC2NC(=O)NC2=O)c1. The third-order valence-corrected chi connectivity index (χ3v) is 4.41. The summed E-state index contributed by atoms with van der Waals surface area (Å²) in [7, 11) is -3.47. The number of aryl methyl sites for hydroxylation is 1. The topological polar surface area (TPSA) is 104 Å². The predicted octanol–water partition coefficient (Wildman–Crippen LogP) is 0.0125. The van der Waals surface area contributed by atoms with Crippen molar-refractivity contribution in [1.29, 1.82) is 0 Å². The second kappa shape index (κ2) is 6.23. The van der Waals surface area contributed by atoms with E-state index in [0.29, 0.717) is 5.56 Å². The van der Waals surface area contributed by atoms with Gasteiger partial charge in [0.25, 0.3) is 5.91 Å². The Kier molecular flexibility index (Phi) is 4.59. The van der Waals surface area contributed by atoms with Gasteiger partial charge >= 0.3 is 6.03 Å². The molecular weight excluding hydrogens is 294 g/mol. The number of sulfonamides is 1. The van der Waals surface area contributed by atoms with E-state index in [1.165, 1.54) is 0 Å². The van der Waals surface area contributed by atoms with Gasteiger partial charge in [0.05, 0.1) is 5.75 Å². The number of amides is 3. The first-order valence-corrected chi connectivity index (χ1v) is 8.15. The molecule has 1 heterocycles. The van der Waals surface area contributed by atoms with E-state index >= 15 is 0 Å². The molecule has 1 aliphatic rings. The van der Waals surface area contributed by atoms with E-state index in [4.69, 9.17) is 0 Å². The minimum absolute atomic E-state index is 0.0898. The van der Waals surface area contributed by atoms with Gasteiger partial charge in [-0.3, -0.25) is 10.1 Å². The highest BCUT2D eigenvalue weighted by atomic mass is 32.2. The zero-order chi connectivity index (χ0) is 15.5. The van der Waals surface area contributed by atoms with Gasteiger partial charge in [-0.05, 0) is 18.9 Å². The van der Waals surface area contributed by atoms with Crippen LogP contribution in [0.3, 0.4) is 0 Å². The standard InChI is InChI=1S/C13H17N3O4S/c1-9-3-2-4-10(7-9)8-21(19,20)14-6-5-11-12(17)16-13(18)15-11/h2-4,7,11,14H,5-6,8H2,1H3,(H2,15,16,17,18). The summed E-state index contributed by atoms with van der Waals surface area (Å²) in [5.74, 6) is -0.546. The molecule has 3 amide bonds. The molecule has 1 fully saturated rings. The number of rotatable bonds is 6. The Morgan fingerprint density at radius 3 is 2.67 bits per heavy atom. The summed E-state index contributed by atoms with van der Waals surface area (Å²) in [6.45, 7) is 1.98. The van der Waals surface area contributed by atoms with Crippen LogP contribution in [0.1, 0.15) is 17.5 Å². The quantitative estimate of drug-likeness (QED) is 0.644.